The Kier molecular flexibility index (Phi) is 6.32. The number of fused-ring (bicyclic) bond motifs is 1. The van der Waals surface area contributed by atoms with E-state index in [1.54, 1.807) is 0 Å². The zero-order valence-corrected chi connectivity index (χ0v) is 18.7. The molecule has 2 aliphatic rings. The number of nitrogens with zero attached hydrogens (tertiary/aromatic N) is 4. The van der Waals surface area contributed by atoms with Crippen molar-refractivity contribution in [1.82, 2.24) is 19.7 Å². The molecular weight excluding hydrogens is 416 g/mol. The summed E-state index contributed by atoms with van der Waals surface area (Å²) >= 11 is 0. The maximum atomic E-state index is 13.6. The van der Waals surface area contributed by atoms with Crippen molar-refractivity contribution in [3.63, 3.8) is 0 Å². The summed E-state index contributed by atoms with van der Waals surface area (Å²) in [6, 6.07) is 19.6. The van der Waals surface area contributed by atoms with Gasteiger partial charge in [-0.3, -0.25) is 14.5 Å². The summed E-state index contributed by atoms with van der Waals surface area (Å²) in [4.78, 5) is 36.9. The van der Waals surface area contributed by atoms with E-state index in [1.807, 2.05) is 70.5 Å². The maximum absolute atomic E-state index is 13.6. The third-order valence-corrected chi connectivity index (χ3v) is 6.40. The standard InChI is InChI=1S/C26H28N4O3/c31-25(19-28-14-16-33-17-15-28)29-10-12-30(13-11-29)26(32)22-18-24(20-6-2-1-3-7-20)27-23-9-5-4-8-21(22)23/h1-9,18H,10-17,19H2. The van der Waals surface area contributed by atoms with Crippen LogP contribution in [0.15, 0.2) is 60.7 Å². The highest BCUT2D eigenvalue weighted by atomic mass is 16.5. The first-order valence-corrected chi connectivity index (χ1v) is 11.5. The molecule has 1 aromatic heterocycles. The number of amides is 2. The van der Waals surface area contributed by atoms with Crippen molar-refractivity contribution in [3.8, 4) is 11.3 Å². The highest BCUT2D eigenvalue weighted by Crippen LogP contribution is 2.26. The Morgan fingerprint density at radius 1 is 0.818 bits per heavy atom. The first-order chi connectivity index (χ1) is 16.2. The predicted molar refractivity (Wildman–Crippen MR) is 127 cm³/mol. The lowest BCUT2D eigenvalue weighted by molar-refractivity contribution is -0.134. The van der Waals surface area contributed by atoms with Crippen LogP contribution < -0.4 is 0 Å². The smallest absolute Gasteiger partial charge is 0.254 e. The molecule has 2 fully saturated rings. The number of para-hydroxylation sites is 1. The fraction of sp³-hybridized carbons (Fsp3) is 0.346. The first-order valence-electron chi connectivity index (χ1n) is 11.5. The fourth-order valence-corrected chi connectivity index (χ4v) is 4.49. The van der Waals surface area contributed by atoms with Gasteiger partial charge in [-0.15, -0.1) is 0 Å². The monoisotopic (exact) mass is 444 g/mol. The third-order valence-electron chi connectivity index (χ3n) is 6.40. The molecule has 2 aromatic carbocycles. The van der Waals surface area contributed by atoms with E-state index >= 15 is 0 Å². The van der Waals surface area contributed by atoms with Gasteiger partial charge in [0.05, 0.1) is 36.5 Å². The summed E-state index contributed by atoms with van der Waals surface area (Å²) in [5, 5.41) is 0.855. The number of pyridine rings is 1. The van der Waals surface area contributed by atoms with Gasteiger partial charge in [0.15, 0.2) is 0 Å². The van der Waals surface area contributed by atoms with Crippen LogP contribution in [0.4, 0.5) is 0 Å². The second-order valence-corrected chi connectivity index (χ2v) is 8.50. The molecule has 5 rings (SSSR count). The second kappa shape index (κ2) is 9.68. The lowest BCUT2D eigenvalue weighted by Gasteiger charge is -2.36. The molecule has 3 aromatic rings. The number of hydrogen-bond acceptors (Lipinski definition) is 5. The lowest BCUT2D eigenvalue weighted by Crippen LogP contribution is -2.53. The fourth-order valence-electron chi connectivity index (χ4n) is 4.49. The van der Waals surface area contributed by atoms with Crippen molar-refractivity contribution >= 4 is 22.7 Å². The minimum absolute atomic E-state index is 0.00828. The predicted octanol–water partition coefficient (Wildman–Crippen LogP) is 2.52. The average Bonchev–Trinajstić information content (AvgIpc) is 2.89. The molecular formula is C26H28N4O3. The molecule has 0 unspecified atom stereocenters. The molecule has 2 amide bonds. The molecule has 0 saturated carbocycles. The number of carbonyl (C=O) groups excluding carboxylic acids is 2. The van der Waals surface area contributed by atoms with E-state index < -0.39 is 0 Å². The van der Waals surface area contributed by atoms with Crippen molar-refractivity contribution in [1.29, 1.82) is 0 Å². The van der Waals surface area contributed by atoms with Gasteiger partial charge in [0.2, 0.25) is 5.91 Å². The van der Waals surface area contributed by atoms with Crippen LogP contribution >= 0.6 is 0 Å². The molecule has 0 aliphatic carbocycles. The summed E-state index contributed by atoms with van der Waals surface area (Å²) in [6.45, 7) is 5.56. The molecule has 0 N–H and O–H groups in total. The highest BCUT2D eigenvalue weighted by molar-refractivity contribution is 6.07. The molecule has 0 spiro atoms. The lowest BCUT2D eigenvalue weighted by atomic mass is 10.0. The third kappa shape index (κ3) is 4.74. The Hall–Kier alpha value is -3.29. The number of carbonyl (C=O) groups is 2. The molecule has 0 bridgehead atoms. The highest BCUT2D eigenvalue weighted by Gasteiger charge is 2.27. The van der Waals surface area contributed by atoms with Gasteiger partial charge in [0.1, 0.15) is 0 Å². The Morgan fingerprint density at radius 3 is 2.24 bits per heavy atom. The van der Waals surface area contributed by atoms with E-state index in [-0.39, 0.29) is 11.8 Å². The van der Waals surface area contributed by atoms with Crippen LogP contribution in [-0.4, -0.2) is 90.5 Å². The van der Waals surface area contributed by atoms with Crippen molar-refractivity contribution in [2.24, 2.45) is 0 Å². The zero-order chi connectivity index (χ0) is 22.6. The first kappa shape index (κ1) is 21.6. The summed E-state index contributed by atoms with van der Waals surface area (Å²) in [5.41, 5.74) is 3.24. The quantitative estimate of drug-likeness (QED) is 0.619. The number of ether oxygens (including phenoxy) is 1. The molecule has 3 heterocycles. The van der Waals surface area contributed by atoms with E-state index in [1.165, 1.54) is 0 Å². The minimum Gasteiger partial charge on any atom is -0.379 e. The molecule has 0 radical (unpaired) electrons. The Balaban J connectivity index is 1.32. The van der Waals surface area contributed by atoms with Gasteiger partial charge in [-0.05, 0) is 12.1 Å². The van der Waals surface area contributed by atoms with Crippen LogP contribution in [0.2, 0.25) is 0 Å². The molecule has 0 atom stereocenters. The Morgan fingerprint density at radius 2 is 1.48 bits per heavy atom. The number of morpholine rings is 1. The zero-order valence-electron chi connectivity index (χ0n) is 18.7. The summed E-state index contributed by atoms with van der Waals surface area (Å²) < 4.78 is 5.36. The van der Waals surface area contributed by atoms with Crippen molar-refractivity contribution in [2.75, 3.05) is 59.0 Å². The van der Waals surface area contributed by atoms with Gasteiger partial charge in [-0.2, -0.15) is 0 Å². The Bertz CT molecular complexity index is 1140. The van der Waals surface area contributed by atoms with Crippen LogP contribution in [0.1, 0.15) is 10.4 Å². The number of benzene rings is 2. The molecule has 170 valence electrons. The number of hydrogen-bond donors (Lipinski definition) is 0. The Labute approximate surface area is 193 Å². The molecule has 2 saturated heterocycles. The minimum atomic E-state index is -0.00828. The second-order valence-electron chi connectivity index (χ2n) is 8.50. The SMILES string of the molecule is O=C(CN1CCOCC1)N1CCN(C(=O)c2cc(-c3ccccc3)nc3ccccc23)CC1. The van der Waals surface area contributed by atoms with Gasteiger partial charge < -0.3 is 14.5 Å². The summed E-state index contributed by atoms with van der Waals surface area (Å²) in [6.07, 6.45) is 0. The van der Waals surface area contributed by atoms with Crippen LogP contribution in [0.5, 0.6) is 0 Å². The number of aromatic nitrogens is 1. The summed E-state index contributed by atoms with van der Waals surface area (Å²) in [7, 11) is 0. The van der Waals surface area contributed by atoms with Gasteiger partial charge in [-0.25, -0.2) is 4.98 Å². The normalized spacial score (nSPS) is 17.3. The van der Waals surface area contributed by atoms with Crippen molar-refractivity contribution < 1.29 is 14.3 Å². The van der Waals surface area contributed by atoms with E-state index in [0.717, 1.165) is 35.2 Å². The van der Waals surface area contributed by atoms with Crippen LogP contribution in [0.3, 0.4) is 0 Å². The number of piperazine rings is 1. The van der Waals surface area contributed by atoms with E-state index in [0.29, 0.717) is 51.5 Å². The van der Waals surface area contributed by atoms with E-state index in [2.05, 4.69) is 4.90 Å². The maximum Gasteiger partial charge on any atom is 0.254 e. The van der Waals surface area contributed by atoms with Gasteiger partial charge >= 0.3 is 0 Å². The average molecular weight is 445 g/mol. The van der Waals surface area contributed by atoms with Crippen LogP contribution in [0.25, 0.3) is 22.2 Å². The van der Waals surface area contributed by atoms with Crippen LogP contribution in [-0.2, 0) is 9.53 Å². The van der Waals surface area contributed by atoms with E-state index in [4.69, 9.17) is 9.72 Å². The molecule has 2 aliphatic heterocycles. The van der Waals surface area contributed by atoms with Gasteiger partial charge in [0, 0.05) is 50.2 Å². The van der Waals surface area contributed by atoms with Crippen molar-refractivity contribution in [2.45, 2.75) is 0 Å². The molecule has 7 heteroatoms. The van der Waals surface area contributed by atoms with Crippen molar-refractivity contribution in [3.05, 3.63) is 66.2 Å². The van der Waals surface area contributed by atoms with E-state index in [9.17, 15) is 9.59 Å². The van der Waals surface area contributed by atoms with Crippen LogP contribution in [0, 0.1) is 0 Å². The summed E-state index contributed by atoms with van der Waals surface area (Å²) in [5.74, 6) is 0.121. The van der Waals surface area contributed by atoms with Gasteiger partial charge in [0.25, 0.3) is 5.91 Å². The molecule has 7 nitrogen and oxygen atoms in total. The van der Waals surface area contributed by atoms with Gasteiger partial charge in [-0.1, -0.05) is 48.5 Å². The number of rotatable bonds is 4. The topological polar surface area (TPSA) is 66.0 Å². The largest absolute Gasteiger partial charge is 0.379 e. The molecule has 33 heavy (non-hydrogen) atoms.